The van der Waals surface area contributed by atoms with E-state index in [1.165, 1.54) is 4.68 Å². The summed E-state index contributed by atoms with van der Waals surface area (Å²) >= 11 is 6.16. The molecule has 35 heavy (non-hydrogen) atoms. The van der Waals surface area contributed by atoms with E-state index in [0.29, 0.717) is 22.1 Å². The maximum Gasteiger partial charge on any atom is 0.331 e. The molecule has 0 N–H and O–H groups in total. The molecule has 2 aromatic heterocycles. The van der Waals surface area contributed by atoms with Gasteiger partial charge in [0.25, 0.3) is 11.6 Å². The lowest BCUT2D eigenvalue weighted by Crippen LogP contribution is -2.40. The van der Waals surface area contributed by atoms with Crippen LogP contribution in [0.1, 0.15) is 22.4 Å². The van der Waals surface area contributed by atoms with Crippen LogP contribution in [0.5, 0.6) is 5.88 Å². The van der Waals surface area contributed by atoms with Crippen molar-refractivity contribution >= 4 is 40.4 Å². The quantitative estimate of drug-likeness (QED) is 0.326. The molecule has 2 aromatic carbocycles. The van der Waals surface area contributed by atoms with Gasteiger partial charge in [-0.25, -0.2) is 9.58 Å². The first-order valence-electron chi connectivity index (χ1n) is 11.0. The lowest BCUT2D eigenvalue weighted by atomic mass is 10.0. The topological polar surface area (TPSA) is 82.1 Å². The van der Waals surface area contributed by atoms with Crippen LogP contribution < -0.4 is 14.6 Å². The van der Waals surface area contributed by atoms with E-state index in [1.807, 2.05) is 26.0 Å². The zero-order chi connectivity index (χ0) is 24.9. The third-order valence-corrected chi connectivity index (χ3v) is 6.03. The van der Waals surface area contributed by atoms with Gasteiger partial charge < -0.3 is 5.11 Å². The third-order valence-electron chi connectivity index (χ3n) is 5.79. The van der Waals surface area contributed by atoms with Crippen LogP contribution in [0.3, 0.4) is 0 Å². The summed E-state index contributed by atoms with van der Waals surface area (Å²) in [6.07, 6.45) is 3.52. The van der Waals surface area contributed by atoms with Gasteiger partial charge in [0, 0.05) is 21.7 Å². The van der Waals surface area contributed by atoms with Crippen molar-refractivity contribution in [1.29, 1.82) is 0 Å². The Morgan fingerprint density at radius 2 is 1.51 bits per heavy atom. The molecule has 0 unspecified atom stereocenters. The molecule has 1 aliphatic rings. The van der Waals surface area contributed by atoms with Gasteiger partial charge in [0.15, 0.2) is 12.4 Å². The highest BCUT2D eigenvalue weighted by Crippen LogP contribution is 2.38. The maximum absolute atomic E-state index is 13.8. The third kappa shape index (κ3) is 3.80. The minimum Gasteiger partial charge on any atom is -0.858 e. The number of hydrogen-bond acceptors (Lipinski definition) is 4. The second-order valence-electron chi connectivity index (χ2n) is 8.46. The second kappa shape index (κ2) is 8.52. The fraction of sp³-hybridized carbons (Fsp3) is 0.111. The molecule has 0 radical (unpaired) electrons. The Balaban J connectivity index is 1.78. The van der Waals surface area contributed by atoms with Crippen molar-refractivity contribution in [2.75, 3.05) is 4.90 Å². The molecule has 7 nitrogen and oxygen atoms in total. The van der Waals surface area contributed by atoms with E-state index in [9.17, 15) is 14.7 Å². The van der Waals surface area contributed by atoms with Gasteiger partial charge in [-0.2, -0.15) is 9.67 Å². The standard InChI is InChI=1S/C27H21ClN4O3/c1-16-12-17(2)15-30(14-16)24-23(25(33)31(27(24)35)21-11-7-8-19(28)13-21)22-18(3)29-32(26(22)34)20-9-5-4-6-10-20/h4-15H,1-3H3. The van der Waals surface area contributed by atoms with Crippen LogP contribution in [-0.4, -0.2) is 21.6 Å². The average molecular weight is 485 g/mol. The largest absolute Gasteiger partial charge is 0.858 e. The molecule has 8 heteroatoms. The number of benzene rings is 2. The smallest absolute Gasteiger partial charge is 0.331 e. The molecule has 2 amide bonds. The second-order valence-corrected chi connectivity index (χ2v) is 8.90. The summed E-state index contributed by atoms with van der Waals surface area (Å²) in [7, 11) is 0. The predicted molar refractivity (Wildman–Crippen MR) is 131 cm³/mol. The Kier molecular flexibility index (Phi) is 5.49. The first-order valence-corrected chi connectivity index (χ1v) is 11.3. The van der Waals surface area contributed by atoms with E-state index in [4.69, 9.17) is 11.6 Å². The van der Waals surface area contributed by atoms with Crippen LogP contribution >= 0.6 is 11.6 Å². The van der Waals surface area contributed by atoms with E-state index >= 15 is 0 Å². The molecule has 0 atom stereocenters. The minimum atomic E-state index is -0.605. The number of imide groups is 1. The van der Waals surface area contributed by atoms with E-state index in [-0.39, 0.29) is 16.8 Å². The Morgan fingerprint density at radius 1 is 0.857 bits per heavy atom. The number of para-hydroxylation sites is 1. The molecule has 5 rings (SSSR count). The van der Waals surface area contributed by atoms with Crippen LogP contribution in [0.4, 0.5) is 5.69 Å². The van der Waals surface area contributed by atoms with Crippen molar-refractivity contribution < 1.29 is 19.3 Å². The number of hydrogen-bond donors (Lipinski definition) is 0. The monoisotopic (exact) mass is 484 g/mol. The van der Waals surface area contributed by atoms with E-state index in [0.717, 1.165) is 16.0 Å². The zero-order valence-electron chi connectivity index (χ0n) is 19.3. The van der Waals surface area contributed by atoms with Crippen molar-refractivity contribution in [3.63, 3.8) is 0 Å². The summed E-state index contributed by atoms with van der Waals surface area (Å²) in [6.45, 7) is 5.46. The maximum atomic E-state index is 13.8. The molecular formula is C27H21ClN4O3. The molecule has 0 spiro atoms. The molecule has 174 valence electrons. The number of aryl methyl sites for hydroxylation is 3. The highest BCUT2D eigenvalue weighted by atomic mass is 35.5. The fourth-order valence-electron chi connectivity index (χ4n) is 4.41. The van der Waals surface area contributed by atoms with Gasteiger partial charge in [-0.05, 0) is 63.0 Å². The van der Waals surface area contributed by atoms with Crippen molar-refractivity contribution in [3.05, 3.63) is 100 Å². The number of carbonyl (C=O) groups excluding carboxylic acids is 2. The normalized spacial score (nSPS) is 13.8. The first-order chi connectivity index (χ1) is 16.8. The van der Waals surface area contributed by atoms with E-state index in [2.05, 4.69) is 5.10 Å². The molecule has 0 aliphatic carbocycles. The zero-order valence-corrected chi connectivity index (χ0v) is 20.1. The number of carbonyl (C=O) groups is 2. The highest BCUT2D eigenvalue weighted by Gasteiger charge is 2.47. The van der Waals surface area contributed by atoms with Crippen LogP contribution in [-0.2, 0) is 9.59 Å². The van der Waals surface area contributed by atoms with Crippen molar-refractivity contribution in [2.24, 2.45) is 0 Å². The molecule has 0 saturated carbocycles. The predicted octanol–water partition coefficient (Wildman–Crippen LogP) is 3.75. The van der Waals surface area contributed by atoms with E-state index < -0.39 is 17.7 Å². The number of rotatable bonds is 4. The Hall–Kier alpha value is -4.23. The summed E-state index contributed by atoms with van der Waals surface area (Å²) in [6, 6.07) is 17.4. The lowest BCUT2D eigenvalue weighted by molar-refractivity contribution is -0.577. The molecule has 1 aliphatic heterocycles. The summed E-state index contributed by atoms with van der Waals surface area (Å²) in [4.78, 5) is 28.7. The van der Waals surface area contributed by atoms with E-state index in [1.54, 1.807) is 72.4 Å². The highest BCUT2D eigenvalue weighted by molar-refractivity contribution is 6.53. The van der Waals surface area contributed by atoms with Gasteiger partial charge in [0.2, 0.25) is 0 Å². The Morgan fingerprint density at radius 3 is 2.17 bits per heavy atom. The summed E-state index contributed by atoms with van der Waals surface area (Å²) < 4.78 is 2.87. The van der Waals surface area contributed by atoms with Gasteiger partial charge >= 0.3 is 5.91 Å². The van der Waals surface area contributed by atoms with Crippen LogP contribution in [0.15, 0.2) is 73.1 Å². The first kappa shape index (κ1) is 22.6. The molecule has 3 heterocycles. The van der Waals surface area contributed by atoms with Gasteiger partial charge in [-0.15, -0.1) is 0 Å². The number of aromatic nitrogens is 3. The van der Waals surface area contributed by atoms with Crippen molar-refractivity contribution in [1.82, 2.24) is 9.78 Å². The number of pyridine rings is 1. The number of amides is 2. The fourth-order valence-corrected chi connectivity index (χ4v) is 4.59. The Labute approximate surface area is 207 Å². The van der Waals surface area contributed by atoms with Gasteiger partial charge in [0.1, 0.15) is 5.57 Å². The van der Waals surface area contributed by atoms with Crippen LogP contribution in [0.2, 0.25) is 5.02 Å². The van der Waals surface area contributed by atoms with Crippen LogP contribution in [0.25, 0.3) is 17.0 Å². The Bertz CT molecular complexity index is 1520. The molecule has 0 fully saturated rings. The van der Waals surface area contributed by atoms with Gasteiger partial charge in [0.05, 0.1) is 17.1 Å². The molecule has 4 aromatic rings. The van der Waals surface area contributed by atoms with Crippen LogP contribution in [0, 0.1) is 20.8 Å². The average Bonchev–Trinajstić information content (AvgIpc) is 3.24. The summed E-state index contributed by atoms with van der Waals surface area (Å²) in [5.74, 6) is -1.62. The number of anilines is 1. The van der Waals surface area contributed by atoms with Gasteiger partial charge in [-0.3, -0.25) is 9.59 Å². The molecule has 0 saturated heterocycles. The van der Waals surface area contributed by atoms with Crippen molar-refractivity contribution in [2.45, 2.75) is 20.8 Å². The van der Waals surface area contributed by atoms with Gasteiger partial charge in [-0.1, -0.05) is 35.9 Å². The minimum absolute atomic E-state index is 0.00894. The van der Waals surface area contributed by atoms with Crippen molar-refractivity contribution in [3.8, 4) is 11.6 Å². The molecular weight excluding hydrogens is 464 g/mol. The number of nitrogens with zero attached hydrogens (tertiary/aromatic N) is 4. The SMILES string of the molecule is Cc1cc(C)c[n+](C2=C(c3c(C)nn(-c4ccccc4)c3[O-])C(=O)N(c3cccc(Cl)c3)C2=O)c1. The lowest BCUT2D eigenvalue weighted by Gasteiger charge is -2.15. The summed E-state index contributed by atoms with van der Waals surface area (Å²) in [5.41, 5.74) is 3.24. The molecule has 0 bridgehead atoms. The summed E-state index contributed by atoms with van der Waals surface area (Å²) in [5, 5.41) is 18.4. The number of halogens is 1.